The van der Waals surface area contributed by atoms with Crippen LogP contribution in [0.5, 0.6) is 0 Å². The maximum Gasteiger partial charge on any atom is 0.0627 e. The molecule has 0 unspecified atom stereocenters. The molecule has 3 saturated carbocycles. The van der Waals surface area contributed by atoms with Gasteiger partial charge < -0.3 is 5.11 Å². The fourth-order valence-electron chi connectivity index (χ4n) is 3.83. The van der Waals surface area contributed by atoms with Gasteiger partial charge in [-0.3, -0.25) is 0 Å². The van der Waals surface area contributed by atoms with E-state index in [1.54, 1.807) is 0 Å². The van der Waals surface area contributed by atoms with Crippen molar-refractivity contribution in [1.82, 2.24) is 0 Å². The first kappa shape index (κ1) is 6.47. The molecule has 0 aromatic rings. The molecule has 1 N–H and O–H groups in total. The molecule has 0 aliphatic heterocycles. The van der Waals surface area contributed by atoms with Crippen LogP contribution in [0.25, 0.3) is 0 Å². The third kappa shape index (κ3) is 0.581. The average Bonchev–Trinajstić information content (AvgIpc) is 2.41. The quantitative estimate of drug-likeness (QED) is 0.562. The summed E-state index contributed by atoms with van der Waals surface area (Å²) in [4.78, 5) is 0. The van der Waals surface area contributed by atoms with Gasteiger partial charge in [-0.05, 0) is 49.4 Å². The van der Waals surface area contributed by atoms with E-state index in [1.807, 2.05) is 0 Å². The predicted molar refractivity (Wildman–Crippen MR) is 43.1 cm³/mol. The van der Waals surface area contributed by atoms with Crippen molar-refractivity contribution in [1.29, 1.82) is 0 Å². The second kappa shape index (κ2) is 1.82. The Morgan fingerprint density at radius 2 is 2.00 bits per heavy atom. The van der Waals surface area contributed by atoms with Gasteiger partial charge in [-0.2, -0.15) is 0 Å². The minimum absolute atomic E-state index is 0.0926. The average molecular weight is 152 g/mol. The van der Waals surface area contributed by atoms with Crippen LogP contribution in [0, 0.1) is 17.3 Å². The zero-order chi connectivity index (χ0) is 7.47. The van der Waals surface area contributed by atoms with Gasteiger partial charge in [-0.25, -0.2) is 0 Å². The fraction of sp³-hybridized carbons (Fsp3) is 1.00. The minimum atomic E-state index is 0.0926. The first-order valence-corrected chi connectivity index (χ1v) is 5.01. The molecule has 0 amide bonds. The Morgan fingerprint density at radius 1 is 1.18 bits per heavy atom. The maximum absolute atomic E-state index is 9.99. The standard InChI is InChI=1S/C10H16O/c11-9-7-2-3-8(6-7)10(9)4-1-5-10/h7-9,11H,1-6H2/t7-,8+,9-/m1/s1. The summed E-state index contributed by atoms with van der Waals surface area (Å²) in [6, 6.07) is 0. The van der Waals surface area contributed by atoms with Gasteiger partial charge in [0, 0.05) is 0 Å². The molecule has 11 heavy (non-hydrogen) atoms. The van der Waals surface area contributed by atoms with Crippen molar-refractivity contribution in [2.75, 3.05) is 0 Å². The van der Waals surface area contributed by atoms with Crippen LogP contribution in [-0.2, 0) is 0 Å². The minimum Gasteiger partial charge on any atom is -0.392 e. The normalized spacial score (nSPS) is 51.5. The molecule has 3 aliphatic carbocycles. The van der Waals surface area contributed by atoms with E-state index in [0.29, 0.717) is 11.3 Å². The summed E-state index contributed by atoms with van der Waals surface area (Å²) in [6.07, 6.45) is 8.21. The van der Waals surface area contributed by atoms with Crippen LogP contribution in [0.2, 0.25) is 0 Å². The van der Waals surface area contributed by atoms with Gasteiger partial charge in [0.15, 0.2) is 0 Å². The molecule has 1 spiro atoms. The molecule has 62 valence electrons. The number of fused-ring (bicyclic) bond motifs is 3. The van der Waals surface area contributed by atoms with Crippen molar-refractivity contribution < 1.29 is 5.11 Å². The Hall–Kier alpha value is -0.0400. The number of hydrogen-bond donors (Lipinski definition) is 1. The number of aliphatic hydroxyl groups excluding tert-OH is 1. The van der Waals surface area contributed by atoms with Gasteiger partial charge in [-0.1, -0.05) is 6.42 Å². The summed E-state index contributed by atoms with van der Waals surface area (Å²) in [5.41, 5.74) is 0.447. The maximum atomic E-state index is 9.99. The summed E-state index contributed by atoms with van der Waals surface area (Å²) in [7, 11) is 0. The van der Waals surface area contributed by atoms with E-state index < -0.39 is 0 Å². The molecule has 3 atom stereocenters. The van der Waals surface area contributed by atoms with Crippen LogP contribution in [0.1, 0.15) is 38.5 Å². The van der Waals surface area contributed by atoms with Gasteiger partial charge in [0.25, 0.3) is 0 Å². The summed E-state index contributed by atoms with van der Waals surface area (Å²) in [6.45, 7) is 0. The first-order valence-electron chi connectivity index (χ1n) is 5.01. The van der Waals surface area contributed by atoms with Crippen molar-refractivity contribution in [3.8, 4) is 0 Å². The Kier molecular flexibility index (Phi) is 1.07. The van der Waals surface area contributed by atoms with Crippen molar-refractivity contribution in [3.05, 3.63) is 0 Å². The Labute approximate surface area is 67.8 Å². The summed E-state index contributed by atoms with van der Waals surface area (Å²) < 4.78 is 0. The molecule has 0 saturated heterocycles. The van der Waals surface area contributed by atoms with Crippen LogP contribution in [-0.4, -0.2) is 11.2 Å². The lowest BCUT2D eigenvalue weighted by Gasteiger charge is -2.48. The number of aliphatic hydroxyl groups is 1. The Bertz CT molecular complexity index is 179. The Balaban J connectivity index is 1.94. The first-order chi connectivity index (χ1) is 5.33. The summed E-state index contributed by atoms with van der Waals surface area (Å²) >= 11 is 0. The second-order valence-corrected chi connectivity index (χ2v) is 4.80. The molecule has 1 heteroatoms. The predicted octanol–water partition coefficient (Wildman–Crippen LogP) is 1.95. The zero-order valence-electron chi connectivity index (χ0n) is 6.92. The largest absolute Gasteiger partial charge is 0.392 e. The molecule has 1 nitrogen and oxygen atoms in total. The van der Waals surface area contributed by atoms with Gasteiger partial charge in [0.05, 0.1) is 6.10 Å². The van der Waals surface area contributed by atoms with E-state index in [4.69, 9.17) is 0 Å². The van der Waals surface area contributed by atoms with Crippen LogP contribution < -0.4 is 0 Å². The third-order valence-electron chi connectivity index (χ3n) is 4.61. The van der Waals surface area contributed by atoms with Crippen LogP contribution >= 0.6 is 0 Å². The molecule has 0 radical (unpaired) electrons. The van der Waals surface area contributed by atoms with Crippen molar-refractivity contribution in [3.63, 3.8) is 0 Å². The SMILES string of the molecule is O[C@@H]1[C@@H]2CC[C@@H](C2)C12CCC2. The van der Waals surface area contributed by atoms with E-state index in [-0.39, 0.29) is 6.10 Å². The molecular weight excluding hydrogens is 136 g/mol. The van der Waals surface area contributed by atoms with Crippen molar-refractivity contribution in [2.24, 2.45) is 17.3 Å². The lowest BCUT2D eigenvalue weighted by Crippen LogP contribution is -2.45. The lowest BCUT2D eigenvalue weighted by molar-refractivity contribution is -0.0735. The number of hydrogen-bond acceptors (Lipinski definition) is 1. The van der Waals surface area contributed by atoms with Gasteiger partial charge in [-0.15, -0.1) is 0 Å². The van der Waals surface area contributed by atoms with E-state index in [9.17, 15) is 5.11 Å². The van der Waals surface area contributed by atoms with Gasteiger partial charge >= 0.3 is 0 Å². The Morgan fingerprint density at radius 3 is 2.36 bits per heavy atom. The molecule has 0 aromatic carbocycles. The van der Waals surface area contributed by atoms with E-state index in [1.165, 1.54) is 38.5 Å². The molecule has 0 aromatic heterocycles. The number of rotatable bonds is 0. The van der Waals surface area contributed by atoms with E-state index in [0.717, 1.165) is 5.92 Å². The third-order valence-corrected chi connectivity index (χ3v) is 4.61. The monoisotopic (exact) mass is 152 g/mol. The van der Waals surface area contributed by atoms with Gasteiger partial charge in [0.2, 0.25) is 0 Å². The highest BCUT2D eigenvalue weighted by Gasteiger charge is 2.59. The van der Waals surface area contributed by atoms with Crippen molar-refractivity contribution in [2.45, 2.75) is 44.6 Å². The zero-order valence-corrected chi connectivity index (χ0v) is 6.92. The highest BCUT2D eigenvalue weighted by molar-refractivity contribution is 5.09. The molecule has 3 aliphatic rings. The van der Waals surface area contributed by atoms with Gasteiger partial charge in [0.1, 0.15) is 0 Å². The second-order valence-electron chi connectivity index (χ2n) is 4.80. The van der Waals surface area contributed by atoms with Crippen LogP contribution in [0.15, 0.2) is 0 Å². The smallest absolute Gasteiger partial charge is 0.0627 e. The topological polar surface area (TPSA) is 20.2 Å². The molecule has 2 bridgehead atoms. The summed E-state index contributed by atoms with van der Waals surface area (Å²) in [5.74, 6) is 1.61. The van der Waals surface area contributed by atoms with E-state index in [2.05, 4.69) is 0 Å². The van der Waals surface area contributed by atoms with Crippen molar-refractivity contribution >= 4 is 0 Å². The lowest BCUT2D eigenvalue weighted by atomic mass is 9.58. The van der Waals surface area contributed by atoms with Crippen LogP contribution in [0.3, 0.4) is 0 Å². The molecule has 3 rings (SSSR count). The van der Waals surface area contributed by atoms with Crippen LogP contribution in [0.4, 0.5) is 0 Å². The molecule has 3 fully saturated rings. The highest BCUT2D eigenvalue weighted by Crippen LogP contribution is 2.64. The molecular formula is C10H16O. The highest BCUT2D eigenvalue weighted by atomic mass is 16.3. The summed E-state index contributed by atoms with van der Waals surface area (Å²) in [5, 5.41) is 9.99. The molecule has 0 heterocycles. The van der Waals surface area contributed by atoms with E-state index >= 15 is 0 Å². The fourth-order valence-corrected chi connectivity index (χ4v) is 3.83.